The molecule has 1 N–H and O–H groups in total. The molecule has 0 atom stereocenters. The largest absolute Gasteiger partial charge is 0.490 e. The van der Waals surface area contributed by atoms with Crippen LogP contribution in [0.1, 0.15) is 24.0 Å². The number of fused-ring (bicyclic) bond motifs is 4. The van der Waals surface area contributed by atoms with Crippen LogP contribution < -0.4 is 9.47 Å². The molecule has 0 fully saturated rings. The first-order chi connectivity index (χ1) is 24.7. The van der Waals surface area contributed by atoms with Crippen LogP contribution in [-0.4, -0.2) is 78.1 Å². The lowest BCUT2D eigenvalue weighted by molar-refractivity contribution is 0.0625. The van der Waals surface area contributed by atoms with Crippen molar-refractivity contribution in [1.82, 2.24) is 29.7 Å². The molecule has 0 bridgehead atoms. The Labute approximate surface area is 298 Å². The molecule has 0 amide bonds. The second kappa shape index (κ2) is 16.4. The first-order valence-electron chi connectivity index (χ1n) is 16.2. The number of aromatic nitrogens is 6. The summed E-state index contributed by atoms with van der Waals surface area (Å²) in [6.07, 6.45) is 4.46. The van der Waals surface area contributed by atoms with E-state index >= 15 is 0 Å². The number of hydrogen-bond acceptors (Lipinski definition) is 11. The minimum atomic E-state index is -0.900. The van der Waals surface area contributed by atoms with E-state index in [1.54, 1.807) is 45.3 Å². The second-order valence-electron chi connectivity index (χ2n) is 11.2. The van der Waals surface area contributed by atoms with Crippen LogP contribution in [0.25, 0.3) is 22.8 Å². The Morgan fingerprint density at radius 2 is 0.960 bits per heavy atom. The number of nitrogens with zero attached hydrogens (tertiary/aromatic N) is 8. The van der Waals surface area contributed by atoms with Crippen molar-refractivity contribution in [3.63, 3.8) is 0 Å². The third-order valence-electron chi connectivity index (χ3n) is 7.61. The molecule has 13 heteroatoms. The molecular formula is C37H34N8O3S2. The highest BCUT2D eigenvalue weighted by Crippen LogP contribution is 2.28. The maximum Gasteiger partial charge on any atom is 0.212 e. The van der Waals surface area contributed by atoms with Crippen LogP contribution in [0.3, 0.4) is 0 Å². The first-order valence-corrected chi connectivity index (χ1v) is 18.2. The van der Waals surface area contributed by atoms with Gasteiger partial charge >= 0.3 is 0 Å². The van der Waals surface area contributed by atoms with E-state index in [2.05, 4.69) is 20.4 Å². The highest BCUT2D eigenvalue weighted by atomic mass is 32.2. The zero-order valence-electron chi connectivity index (χ0n) is 27.0. The van der Waals surface area contributed by atoms with E-state index < -0.39 is 6.10 Å². The quantitative estimate of drug-likeness (QED) is 0.208. The second-order valence-corrected chi connectivity index (χ2v) is 13.3. The van der Waals surface area contributed by atoms with E-state index in [4.69, 9.17) is 19.7 Å². The highest BCUT2D eigenvalue weighted by Gasteiger charge is 2.17. The molecule has 7 rings (SSSR count). The summed E-state index contributed by atoms with van der Waals surface area (Å²) in [5, 5.41) is 39.9. The van der Waals surface area contributed by atoms with Crippen LogP contribution in [0.2, 0.25) is 0 Å². The molecule has 4 aromatic carbocycles. The summed E-state index contributed by atoms with van der Waals surface area (Å²) in [5.74, 6) is 4.12. The number of para-hydroxylation sites is 2. The number of aliphatic hydroxyl groups excluding tert-OH is 1. The van der Waals surface area contributed by atoms with Crippen molar-refractivity contribution in [2.75, 3.05) is 24.7 Å². The van der Waals surface area contributed by atoms with Gasteiger partial charge in [-0.2, -0.15) is 19.6 Å². The van der Waals surface area contributed by atoms with Gasteiger partial charge in [0.05, 0.1) is 12.4 Å². The number of benzene rings is 4. The Morgan fingerprint density at radius 1 is 0.540 bits per heavy atom. The molecule has 0 saturated heterocycles. The van der Waals surface area contributed by atoms with E-state index in [9.17, 15) is 5.11 Å². The van der Waals surface area contributed by atoms with Gasteiger partial charge in [0.2, 0.25) is 10.3 Å². The maximum absolute atomic E-state index is 10.9. The summed E-state index contributed by atoms with van der Waals surface area (Å²) in [4.78, 5) is 0. The predicted octanol–water partition coefficient (Wildman–Crippen LogP) is 6.76. The van der Waals surface area contributed by atoms with Crippen molar-refractivity contribution < 1.29 is 14.6 Å². The number of rotatable bonds is 2. The van der Waals surface area contributed by atoms with Gasteiger partial charge in [-0.05, 0) is 37.1 Å². The summed E-state index contributed by atoms with van der Waals surface area (Å²) >= 11 is 3.23. The normalized spacial score (nSPS) is 16.0. The zero-order chi connectivity index (χ0) is 34.0. The van der Waals surface area contributed by atoms with Crippen LogP contribution in [-0.2, 0) is 0 Å². The van der Waals surface area contributed by atoms with E-state index in [-0.39, 0.29) is 13.2 Å². The van der Waals surface area contributed by atoms with Crippen LogP contribution in [0, 0.1) is 0 Å². The third-order valence-corrected chi connectivity index (χ3v) is 9.63. The number of aliphatic hydroxyl groups is 1. The summed E-state index contributed by atoms with van der Waals surface area (Å²) < 4.78 is 15.7. The fraction of sp³-hybridized carbons (Fsp3) is 0.189. The van der Waals surface area contributed by atoms with E-state index in [0.717, 1.165) is 46.6 Å². The van der Waals surface area contributed by atoms with Crippen molar-refractivity contribution in [3.8, 4) is 34.3 Å². The number of hydrogen-bond donors (Lipinski definition) is 1. The molecule has 1 aliphatic heterocycles. The van der Waals surface area contributed by atoms with Gasteiger partial charge in [0.15, 0.2) is 11.6 Å². The Bertz CT molecular complexity index is 1920. The fourth-order valence-electron chi connectivity index (χ4n) is 5.08. The van der Waals surface area contributed by atoms with Gasteiger partial charge in [-0.3, -0.25) is 0 Å². The van der Waals surface area contributed by atoms with Gasteiger partial charge in [0.25, 0.3) is 0 Å². The van der Waals surface area contributed by atoms with Crippen LogP contribution >= 0.6 is 23.5 Å². The molecule has 0 aliphatic carbocycles. The van der Waals surface area contributed by atoms with Crippen molar-refractivity contribution in [2.24, 2.45) is 10.2 Å². The average molecular weight is 703 g/mol. The molecular weight excluding hydrogens is 669 g/mol. The molecule has 0 saturated carbocycles. The topological polar surface area (TPSA) is 125 Å². The Hall–Kier alpha value is -5.24. The maximum atomic E-state index is 10.9. The van der Waals surface area contributed by atoms with E-state index in [0.29, 0.717) is 33.5 Å². The minimum absolute atomic E-state index is 0.0197. The molecule has 2 aromatic heterocycles. The highest BCUT2D eigenvalue weighted by molar-refractivity contribution is 7.99. The molecule has 6 aromatic rings. The molecule has 0 spiro atoms. The van der Waals surface area contributed by atoms with Crippen molar-refractivity contribution in [1.29, 1.82) is 0 Å². The predicted molar refractivity (Wildman–Crippen MR) is 197 cm³/mol. The monoisotopic (exact) mass is 702 g/mol. The van der Waals surface area contributed by atoms with E-state index in [1.807, 2.05) is 109 Å². The van der Waals surface area contributed by atoms with Crippen molar-refractivity contribution in [3.05, 3.63) is 120 Å². The van der Waals surface area contributed by atoms with Crippen LogP contribution in [0.4, 0.5) is 0 Å². The van der Waals surface area contributed by atoms with Crippen molar-refractivity contribution >= 4 is 36.0 Å². The van der Waals surface area contributed by atoms with Gasteiger partial charge in [-0.15, -0.1) is 20.4 Å². The molecule has 3 heterocycles. The summed E-state index contributed by atoms with van der Waals surface area (Å²) in [7, 11) is 0. The lowest BCUT2D eigenvalue weighted by atomic mass is 10.2. The minimum Gasteiger partial charge on any atom is -0.490 e. The molecule has 1 aliphatic rings. The SMILES string of the molecule is OC1COc2ccccc2/C=N\n2c(nnc2-c2ccccc2)SCCCCSc2nnc(-c3ccccc3)n2/N=C\c2ccccc2OC1. The zero-order valence-corrected chi connectivity index (χ0v) is 28.7. The van der Waals surface area contributed by atoms with Gasteiger partial charge in [0, 0.05) is 33.8 Å². The lowest BCUT2D eigenvalue weighted by Crippen LogP contribution is -2.25. The molecule has 252 valence electrons. The molecule has 0 radical (unpaired) electrons. The summed E-state index contributed by atoms with van der Waals surface area (Å²) in [5.41, 5.74) is 3.33. The lowest BCUT2D eigenvalue weighted by Gasteiger charge is -2.15. The smallest absolute Gasteiger partial charge is 0.212 e. The van der Waals surface area contributed by atoms with E-state index in [1.165, 1.54) is 0 Å². The Kier molecular flexibility index (Phi) is 10.9. The standard InChI is InChI=1S/C37H34N8O3S2/c46-31-25-47-32-19-9-7-17-29(32)23-38-44-34(27-13-3-1-4-14-27)40-42-36(44)49-21-11-12-22-50-37-43-41-35(28-15-5-2-6-16-28)45(37)39-24-30-18-8-10-20-33(30)48-26-31/h1-10,13-20,23-24,31,46H,11-12,21-22,25-26H2/b38-23-,39-24-. The van der Waals surface area contributed by atoms with Gasteiger partial charge in [-0.25, -0.2) is 0 Å². The Balaban J connectivity index is 1.19. The fourth-order valence-corrected chi connectivity index (χ4v) is 6.85. The summed E-state index contributed by atoms with van der Waals surface area (Å²) in [6.45, 7) is 0.0394. The average Bonchev–Trinajstić information content (AvgIpc) is 3.77. The molecule has 11 nitrogen and oxygen atoms in total. The number of ether oxygens (including phenoxy) is 2. The number of thioether (sulfide) groups is 2. The summed E-state index contributed by atoms with van der Waals surface area (Å²) in [6, 6.07) is 34.9. The van der Waals surface area contributed by atoms with Gasteiger partial charge < -0.3 is 14.6 Å². The van der Waals surface area contributed by atoms with Gasteiger partial charge in [-0.1, -0.05) is 108 Å². The molecule has 0 unspecified atom stereocenters. The Morgan fingerprint density at radius 3 is 1.42 bits per heavy atom. The van der Waals surface area contributed by atoms with Crippen LogP contribution in [0.5, 0.6) is 11.5 Å². The van der Waals surface area contributed by atoms with Crippen LogP contribution in [0.15, 0.2) is 130 Å². The third kappa shape index (κ3) is 8.13. The van der Waals surface area contributed by atoms with Crippen molar-refractivity contribution in [2.45, 2.75) is 29.3 Å². The molecule has 50 heavy (non-hydrogen) atoms. The first kappa shape index (κ1) is 33.3. The van der Waals surface area contributed by atoms with Gasteiger partial charge in [0.1, 0.15) is 30.8 Å².